The molecule has 118 valence electrons. The predicted molar refractivity (Wildman–Crippen MR) is 84.5 cm³/mol. The van der Waals surface area contributed by atoms with Crippen molar-refractivity contribution in [1.82, 2.24) is 5.32 Å². The maximum atomic E-state index is 11.2. The van der Waals surface area contributed by atoms with Crippen molar-refractivity contribution in [3.8, 4) is 11.5 Å². The zero-order chi connectivity index (χ0) is 15.8. The molecule has 0 bridgehead atoms. The van der Waals surface area contributed by atoms with Crippen LogP contribution in [0.4, 0.5) is 0 Å². The van der Waals surface area contributed by atoms with Gasteiger partial charge < -0.3 is 19.9 Å². The number of nitrogens with one attached hydrogen (secondary N) is 1. The van der Waals surface area contributed by atoms with Crippen molar-refractivity contribution in [3.05, 3.63) is 17.7 Å². The van der Waals surface area contributed by atoms with Crippen LogP contribution in [0.5, 0.6) is 11.5 Å². The predicted octanol–water partition coefficient (Wildman–Crippen LogP) is 2.77. The molecule has 5 nitrogen and oxygen atoms in total. The summed E-state index contributed by atoms with van der Waals surface area (Å²) in [5.41, 5.74) is 1.00. The molecule has 1 unspecified atom stereocenters. The number of hydrogen-bond acceptors (Lipinski definition) is 5. The minimum atomic E-state index is -0.817. The smallest absolute Gasteiger partial charge is 0.320 e. The monoisotopic (exact) mass is 313 g/mol. The molecule has 0 radical (unpaired) electrons. The van der Waals surface area contributed by atoms with E-state index in [9.17, 15) is 9.90 Å². The molecule has 2 N–H and O–H groups in total. The third kappa shape index (κ3) is 4.82. The third-order valence-electron chi connectivity index (χ3n) is 3.20. The van der Waals surface area contributed by atoms with Gasteiger partial charge in [0.1, 0.15) is 6.04 Å². The Hall–Kier alpha value is -1.40. The summed E-state index contributed by atoms with van der Waals surface area (Å²) in [5.74, 6) is 0.506. The van der Waals surface area contributed by atoms with E-state index in [1.807, 2.05) is 25.3 Å². The summed E-state index contributed by atoms with van der Waals surface area (Å²) in [6, 6.07) is 3.27. The number of carbonyl (C=O) groups is 1. The van der Waals surface area contributed by atoms with Gasteiger partial charge in [0.2, 0.25) is 0 Å². The highest BCUT2D eigenvalue weighted by Gasteiger charge is 2.17. The van der Waals surface area contributed by atoms with Crippen LogP contribution in [-0.2, 0) is 11.3 Å². The number of aliphatic carboxylic acids is 1. The van der Waals surface area contributed by atoms with Gasteiger partial charge in [0.15, 0.2) is 11.5 Å². The second-order valence-electron chi connectivity index (χ2n) is 4.58. The van der Waals surface area contributed by atoms with Crippen LogP contribution in [0.3, 0.4) is 0 Å². The second kappa shape index (κ2) is 8.79. The molecule has 0 aliphatic heterocycles. The maximum Gasteiger partial charge on any atom is 0.320 e. The molecule has 21 heavy (non-hydrogen) atoms. The lowest BCUT2D eigenvalue weighted by Gasteiger charge is -2.17. The molecule has 0 amide bonds. The molecule has 0 aliphatic rings. The Morgan fingerprint density at radius 1 is 1.33 bits per heavy atom. The first kappa shape index (κ1) is 17.7. The molecule has 0 heterocycles. The lowest BCUT2D eigenvalue weighted by atomic mass is 10.1. The highest BCUT2D eigenvalue weighted by molar-refractivity contribution is 7.98. The molecule has 0 saturated heterocycles. The molecule has 0 spiro atoms. The Labute approximate surface area is 130 Å². The summed E-state index contributed by atoms with van der Waals surface area (Å²) in [7, 11) is 3.19. The average Bonchev–Trinajstić information content (AvgIpc) is 2.50. The highest BCUT2D eigenvalue weighted by Crippen LogP contribution is 2.34. The van der Waals surface area contributed by atoms with Gasteiger partial charge in [-0.2, -0.15) is 0 Å². The van der Waals surface area contributed by atoms with Crippen molar-refractivity contribution in [3.63, 3.8) is 0 Å². The fraction of sp³-hybridized carbons (Fsp3) is 0.533. The number of thioether (sulfide) groups is 1. The van der Waals surface area contributed by atoms with E-state index in [0.717, 1.165) is 16.9 Å². The number of rotatable bonds is 9. The molecular formula is C15H23NO4S. The average molecular weight is 313 g/mol. The van der Waals surface area contributed by atoms with Gasteiger partial charge in [-0.1, -0.05) is 13.3 Å². The molecule has 1 atom stereocenters. The quantitative estimate of drug-likeness (QED) is 0.683. The van der Waals surface area contributed by atoms with Crippen LogP contribution in [0.25, 0.3) is 0 Å². The zero-order valence-electron chi connectivity index (χ0n) is 12.9. The van der Waals surface area contributed by atoms with Gasteiger partial charge in [0, 0.05) is 11.4 Å². The van der Waals surface area contributed by atoms with Gasteiger partial charge in [0.25, 0.3) is 0 Å². The molecule has 0 aromatic heterocycles. The van der Waals surface area contributed by atoms with E-state index in [4.69, 9.17) is 9.47 Å². The van der Waals surface area contributed by atoms with E-state index in [0.29, 0.717) is 24.5 Å². The first-order valence-corrected chi connectivity index (χ1v) is 8.04. The summed E-state index contributed by atoms with van der Waals surface area (Å²) >= 11 is 1.59. The Kier molecular flexibility index (Phi) is 7.39. The van der Waals surface area contributed by atoms with E-state index in [2.05, 4.69) is 5.32 Å². The molecule has 6 heteroatoms. The summed E-state index contributed by atoms with van der Waals surface area (Å²) < 4.78 is 10.6. The summed E-state index contributed by atoms with van der Waals surface area (Å²) in [6.45, 7) is 2.45. The highest BCUT2D eigenvalue weighted by atomic mass is 32.2. The van der Waals surface area contributed by atoms with Crippen molar-refractivity contribution in [2.24, 2.45) is 0 Å². The Morgan fingerprint density at radius 2 is 1.95 bits per heavy atom. The van der Waals surface area contributed by atoms with Crippen molar-refractivity contribution < 1.29 is 19.4 Å². The van der Waals surface area contributed by atoms with Crippen molar-refractivity contribution >= 4 is 17.7 Å². The molecule has 1 rings (SSSR count). The SMILES string of the molecule is CCCC(NCc1cc(OC)c(OC)cc1SC)C(=O)O. The molecular weight excluding hydrogens is 290 g/mol. The minimum Gasteiger partial charge on any atom is -0.493 e. The topological polar surface area (TPSA) is 67.8 Å². The lowest BCUT2D eigenvalue weighted by molar-refractivity contribution is -0.139. The molecule has 0 saturated carbocycles. The van der Waals surface area contributed by atoms with Crippen molar-refractivity contribution in [2.75, 3.05) is 20.5 Å². The zero-order valence-corrected chi connectivity index (χ0v) is 13.8. The molecule has 1 aromatic carbocycles. The number of carboxylic acids is 1. The minimum absolute atomic E-state index is 0.480. The number of ether oxygens (including phenoxy) is 2. The Bertz CT molecular complexity index is 479. The first-order valence-electron chi connectivity index (χ1n) is 6.82. The van der Waals surface area contributed by atoms with Crippen LogP contribution in [0.1, 0.15) is 25.3 Å². The van der Waals surface area contributed by atoms with Gasteiger partial charge in [-0.05, 0) is 30.4 Å². The van der Waals surface area contributed by atoms with Crippen LogP contribution >= 0.6 is 11.8 Å². The number of methoxy groups -OCH3 is 2. The van der Waals surface area contributed by atoms with Crippen molar-refractivity contribution in [2.45, 2.75) is 37.2 Å². The fourth-order valence-corrected chi connectivity index (χ4v) is 2.68. The van der Waals surface area contributed by atoms with Crippen LogP contribution in [0, 0.1) is 0 Å². The van der Waals surface area contributed by atoms with E-state index in [-0.39, 0.29) is 0 Å². The number of benzene rings is 1. The lowest BCUT2D eigenvalue weighted by Crippen LogP contribution is -2.36. The van der Waals surface area contributed by atoms with Crippen molar-refractivity contribution in [1.29, 1.82) is 0 Å². The van der Waals surface area contributed by atoms with E-state index in [1.54, 1.807) is 26.0 Å². The van der Waals surface area contributed by atoms with Gasteiger partial charge in [-0.15, -0.1) is 11.8 Å². The van der Waals surface area contributed by atoms with Crippen LogP contribution in [0.15, 0.2) is 17.0 Å². The summed E-state index contributed by atoms with van der Waals surface area (Å²) in [6.07, 6.45) is 3.41. The van der Waals surface area contributed by atoms with E-state index in [1.165, 1.54) is 0 Å². The first-order chi connectivity index (χ1) is 10.1. The Balaban J connectivity index is 2.93. The van der Waals surface area contributed by atoms with E-state index >= 15 is 0 Å². The normalized spacial score (nSPS) is 12.0. The van der Waals surface area contributed by atoms with Gasteiger partial charge in [-0.25, -0.2) is 0 Å². The van der Waals surface area contributed by atoms with Crippen LogP contribution in [0.2, 0.25) is 0 Å². The fourth-order valence-electron chi connectivity index (χ4n) is 2.07. The number of hydrogen-bond donors (Lipinski definition) is 2. The second-order valence-corrected chi connectivity index (χ2v) is 5.43. The molecule has 1 aromatic rings. The van der Waals surface area contributed by atoms with Crippen LogP contribution in [-0.4, -0.2) is 37.6 Å². The van der Waals surface area contributed by atoms with Crippen LogP contribution < -0.4 is 14.8 Å². The largest absolute Gasteiger partial charge is 0.493 e. The maximum absolute atomic E-state index is 11.2. The van der Waals surface area contributed by atoms with Gasteiger partial charge in [-0.3, -0.25) is 4.79 Å². The van der Waals surface area contributed by atoms with E-state index < -0.39 is 12.0 Å². The third-order valence-corrected chi connectivity index (χ3v) is 4.02. The molecule has 0 aliphatic carbocycles. The number of carboxylic acid groups (broad SMARTS) is 1. The van der Waals surface area contributed by atoms with Gasteiger partial charge in [0.05, 0.1) is 14.2 Å². The molecule has 0 fully saturated rings. The van der Waals surface area contributed by atoms with Gasteiger partial charge >= 0.3 is 5.97 Å². The Morgan fingerprint density at radius 3 is 2.43 bits per heavy atom. The standard InChI is InChI=1S/C15H23NO4S/c1-5-6-11(15(17)18)16-9-10-7-12(19-2)13(20-3)8-14(10)21-4/h7-8,11,16H,5-6,9H2,1-4H3,(H,17,18). The summed E-state index contributed by atoms with van der Waals surface area (Å²) in [5, 5.41) is 12.3. The summed E-state index contributed by atoms with van der Waals surface area (Å²) in [4.78, 5) is 12.2.